The number of thioether (sulfide) groups is 1. The third-order valence-electron chi connectivity index (χ3n) is 1.70. The summed E-state index contributed by atoms with van der Waals surface area (Å²) in [5, 5.41) is 0.705. The first-order valence-electron chi connectivity index (χ1n) is 4.20. The maximum absolute atomic E-state index is 10.6. The molecular formula is C10H10ClIO2S. The van der Waals surface area contributed by atoms with Crippen LogP contribution in [0.5, 0.6) is 0 Å². The monoisotopic (exact) mass is 356 g/mol. The van der Waals surface area contributed by atoms with Crippen molar-refractivity contribution in [3.63, 3.8) is 0 Å². The molecule has 5 heteroatoms. The van der Waals surface area contributed by atoms with Gasteiger partial charge in [-0.05, 0) is 46.5 Å². The highest BCUT2D eigenvalue weighted by molar-refractivity contribution is 14.1. The van der Waals surface area contributed by atoms with Crippen LogP contribution in [0.3, 0.4) is 0 Å². The lowest BCUT2D eigenvalue weighted by atomic mass is 10.2. The van der Waals surface area contributed by atoms with Gasteiger partial charge in [-0.15, -0.1) is 11.8 Å². The van der Waals surface area contributed by atoms with E-state index in [9.17, 15) is 4.79 Å². The first-order valence-corrected chi connectivity index (χ1v) is 6.88. The van der Waals surface area contributed by atoms with Gasteiger partial charge in [-0.3, -0.25) is 4.79 Å². The second-order valence-electron chi connectivity index (χ2n) is 2.87. The molecule has 15 heavy (non-hydrogen) atoms. The van der Waals surface area contributed by atoms with E-state index in [0.717, 1.165) is 14.0 Å². The van der Waals surface area contributed by atoms with Crippen LogP contribution in [0.25, 0.3) is 0 Å². The average molecular weight is 357 g/mol. The van der Waals surface area contributed by atoms with Crippen LogP contribution in [0.15, 0.2) is 17.0 Å². The first-order chi connectivity index (χ1) is 7.04. The fourth-order valence-electron chi connectivity index (χ4n) is 1.08. The van der Waals surface area contributed by atoms with Crippen molar-refractivity contribution in [2.75, 3.05) is 6.26 Å². The van der Waals surface area contributed by atoms with Crippen LogP contribution in [0.4, 0.5) is 0 Å². The Balaban J connectivity index is 2.88. The van der Waals surface area contributed by atoms with Crippen molar-refractivity contribution >= 4 is 51.9 Å². The minimum Gasteiger partial charge on any atom is -0.461 e. The predicted octanol–water partition coefficient (Wildman–Crippen LogP) is 3.73. The minimum absolute atomic E-state index is 0.277. The fourth-order valence-corrected chi connectivity index (χ4v) is 3.57. The molecule has 0 fully saturated rings. The van der Waals surface area contributed by atoms with Gasteiger partial charge in [0.2, 0.25) is 0 Å². The molecule has 0 atom stereocenters. The molecule has 0 bridgehead atoms. The van der Waals surface area contributed by atoms with Crippen LogP contribution in [0.2, 0.25) is 5.02 Å². The second-order valence-corrected chi connectivity index (χ2v) is 5.26. The Labute approximate surface area is 112 Å². The zero-order valence-electron chi connectivity index (χ0n) is 8.34. The van der Waals surface area contributed by atoms with E-state index in [1.807, 2.05) is 18.4 Å². The molecule has 1 aromatic carbocycles. The number of carbonyl (C=O) groups is 1. The molecule has 0 aliphatic heterocycles. The Kier molecular flexibility index (Phi) is 5.22. The average Bonchev–Trinajstić information content (AvgIpc) is 2.14. The van der Waals surface area contributed by atoms with Gasteiger partial charge in [0.05, 0.1) is 5.02 Å². The van der Waals surface area contributed by atoms with Gasteiger partial charge in [0.1, 0.15) is 6.61 Å². The summed E-state index contributed by atoms with van der Waals surface area (Å²) in [6.45, 7) is 1.67. The van der Waals surface area contributed by atoms with Crippen molar-refractivity contribution in [2.45, 2.75) is 18.4 Å². The van der Waals surface area contributed by atoms with E-state index in [2.05, 4.69) is 22.6 Å². The molecule has 82 valence electrons. The SMILES string of the molecule is CSc1c(Cl)cc(COC(C)=O)cc1I. The van der Waals surface area contributed by atoms with Crippen LogP contribution in [-0.4, -0.2) is 12.2 Å². The number of benzene rings is 1. The van der Waals surface area contributed by atoms with Gasteiger partial charge >= 0.3 is 5.97 Å². The zero-order valence-corrected chi connectivity index (χ0v) is 12.1. The van der Waals surface area contributed by atoms with Gasteiger partial charge in [0.25, 0.3) is 0 Å². The number of hydrogen-bond acceptors (Lipinski definition) is 3. The van der Waals surface area contributed by atoms with Gasteiger partial charge in [-0.25, -0.2) is 0 Å². The number of carbonyl (C=O) groups excluding carboxylic acids is 1. The van der Waals surface area contributed by atoms with Gasteiger partial charge in [0.15, 0.2) is 0 Å². The molecule has 0 spiro atoms. The molecule has 0 saturated heterocycles. The van der Waals surface area contributed by atoms with Crippen molar-refractivity contribution in [2.24, 2.45) is 0 Å². The molecular weight excluding hydrogens is 347 g/mol. The molecule has 1 aromatic rings. The maximum atomic E-state index is 10.6. The summed E-state index contributed by atoms with van der Waals surface area (Å²) in [7, 11) is 0. The summed E-state index contributed by atoms with van der Waals surface area (Å²) in [6.07, 6.45) is 1.98. The Morgan fingerprint density at radius 1 is 1.60 bits per heavy atom. The molecule has 0 amide bonds. The highest BCUT2D eigenvalue weighted by atomic mass is 127. The predicted molar refractivity (Wildman–Crippen MR) is 71.4 cm³/mol. The number of esters is 1. The second kappa shape index (κ2) is 5.96. The molecule has 0 unspecified atom stereocenters. The van der Waals surface area contributed by atoms with E-state index in [1.165, 1.54) is 6.92 Å². The van der Waals surface area contributed by atoms with E-state index in [0.29, 0.717) is 5.02 Å². The third kappa shape index (κ3) is 3.85. The zero-order chi connectivity index (χ0) is 11.4. The lowest BCUT2D eigenvalue weighted by Crippen LogP contribution is -1.99. The van der Waals surface area contributed by atoms with Crippen molar-refractivity contribution < 1.29 is 9.53 Å². The summed E-state index contributed by atoms with van der Waals surface area (Å²) in [4.78, 5) is 11.7. The number of ether oxygens (including phenoxy) is 1. The highest BCUT2D eigenvalue weighted by Crippen LogP contribution is 2.31. The molecule has 0 radical (unpaired) electrons. The standard InChI is InChI=1S/C10H10ClIO2S/c1-6(13)14-5-7-3-8(11)10(15-2)9(12)4-7/h3-4H,5H2,1-2H3. The minimum atomic E-state index is -0.282. The van der Waals surface area contributed by atoms with Crippen LogP contribution >= 0.6 is 46.0 Å². The van der Waals surface area contributed by atoms with E-state index >= 15 is 0 Å². The summed E-state index contributed by atoms with van der Waals surface area (Å²) >= 11 is 9.91. The molecule has 2 nitrogen and oxygen atoms in total. The van der Waals surface area contributed by atoms with Crippen LogP contribution < -0.4 is 0 Å². The molecule has 0 saturated carbocycles. The van der Waals surface area contributed by atoms with Gasteiger partial charge in [-0.2, -0.15) is 0 Å². The summed E-state index contributed by atoms with van der Waals surface area (Å²) in [5.74, 6) is -0.282. The van der Waals surface area contributed by atoms with E-state index in [-0.39, 0.29) is 12.6 Å². The largest absolute Gasteiger partial charge is 0.461 e. The number of rotatable bonds is 3. The van der Waals surface area contributed by atoms with E-state index < -0.39 is 0 Å². The summed E-state index contributed by atoms with van der Waals surface area (Å²) < 4.78 is 5.98. The normalized spacial score (nSPS) is 10.1. The Morgan fingerprint density at radius 3 is 2.73 bits per heavy atom. The third-order valence-corrected chi connectivity index (χ3v) is 4.18. The van der Waals surface area contributed by atoms with Crippen molar-refractivity contribution in [1.29, 1.82) is 0 Å². The highest BCUT2D eigenvalue weighted by Gasteiger charge is 2.07. The molecule has 1 rings (SSSR count). The van der Waals surface area contributed by atoms with Crippen LogP contribution in [0.1, 0.15) is 12.5 Å². The molecule has 0 aromatic heterocycles. The lowest BCUT2D eigenvalue weighted by molar-refractivity contribution is -0.142. The molecule has 0 aliphatic rings. The van der Waals surface area contributed by atoms with Gasteiger partial charge in [0, 0.05) is 15.4 Å². The van der Waals surface area contributed by atoms with Crippen LogP contribution in [0, 0.1) is 3.57 Å². The van der Waals surface area contributed by atoms with E-state index in [1.54, 1.807) is 11.8 Å². The van der Waals surface area contributed by atoms with Crippen molar-refractivity contribution in [3.8, 4) is 0 Å². The van der Waals surface area contributed by atoms with Crippen molar-refractivity contribution in [3.05, 3.63) is 26.3 Å². The van der Waals surface area contributed by atoms with Crippen molar-refractivity contribution in [1.82, 2.24) is 0 Å². The smallest absolute Gasteiger partial charge is 0.302 e. The summed E-state index contributed by atoms with van der Waals surface area (Å²) in [5.41, 5.74) is 0.914. The van der Waals surface area contributed by atoms with E-state index in [4.69, 9.17) is 16.3 Å². The quantitative estimate of drug-likeness (QED) is 0.469. The fraction of sp³-hybridized carbons (Fsp3) is 0.300. The molecule has 0 heterocycles. The Morgan fingerprint density at radius 2 is 2.27 bits per heavy atom. The Bertz CT molecular complexity index is 359. The lowest BCUT2D eigenvalue weighted by Gasteiger charge is -2.08. The first kappa shape index (κ1) is 13.1. The molecule has 0 aliphatic carbocycles. The Hall–Kier alpha value is 0.0600. The number of halogens is 2. The summed E-state index contributed by atoms with van der Waals surface area (Å²) in [6, 6.07) is 3.81. The van der Waals surface area contributed by atoms with Gasteiger partial charge < -0.3 is 4.74 Å². The maximum Gasteiger partial charge on any atom is 0.302 e. The molecule has 0 N–H and O–H groups in total. The number of hydrogen-bond donors (Lipinski definition) is 0. The van der Waals surface area contributed by atoms with Gasteiger partial charge in [-0.1, -0.05) is 11.6 Å². The van der Waals surface area contributed by atoms with Crippen LogP contribution in [-0.2, 0) is 16.1 Å². The topological polar surface area (TPSA) is 26.3 Å².